The minimum absolute atomic E-state index is 0.592. The molecule has 7 aromatic carbocycles. The number of furan rings is 1. The van der Waals surface area contributed by atoms with E-state index in [1.165, 1.54) is 0 Å². The first-order valence-corrected chi connectivity index (χ1v) is 19.2. The molecule has 56 heavy (non-hydrogen) atoms. The van der Waals surface area contributed by atoms with Crippen LogP contribution in [0.4, 0.5) is 0 Å². The van der Waals surface area contributed by atoms with E-state index in [0.29, 0.717) is 23.3 Å². The highest BCUT2D eigenvalue weighted by molar-refractivity contribution is 7.26. The molecule has 0 aliphatic heterocycles. The zero-order valence-electron chi connectivity index (χ0n) is 29.8. The number of hydrogen-bond acceptors (Lipinski definition) is 7. The Balaban J connectivity index is 1.08. The average molecular weight is 736 g/mol. The Morgan fingerprint density at radius 1 is 0.357 bits per heavy atom. The van der Waals surface area contributed by atoms with Gasteiger partial charge in [0.15, 0.2) is 23.3 Å². The van der Waals surface area contributed by atoms with Crippen LogP contribution in [0.3, 0.4) is 0 Å². The van der Waals surface area contributed by atoms with E-state index in [1.54, 1.807) is 11.3 Å². The Bertz CT molecular complexity index is 3190. The Morgan fingerprint density at radius 3 is 1.64 bits per heavy atom. The van der Waals surface area contributed by atoms with Gasteiger partial charge in [-0.2, -0.15) is 0 Å². The fourth-order valence-corrected chi connectivity index (χ4v) is 8.75. The van der Waals surface area contributed by atoms with E-state index < -0.39 is 0 Å². The summed E-state index contributed by atoms with van der Waals surface area (Å²) in [6.45, 7) is 0. The molecule has 4 aromatic heterocycles. The van der Waals surface area contributed by atoms with Crippen LogP contribution in [0.15, 0.2) is 180 Å². The largest absolute Gasteiger partial charge is 0.456 e. The van der Waals surface area contributed by atoms with Crippen LogP contribution in [-0.4, -0.2) is 24.9 Å². The van der Waals surface area contributed by atoms with Gasteiger partial charge in [0.25, 0.3) is 0 Å². The van der Waals surface area contributed by atoms with Gasteiger partial charge in [0.2, 0.25) is 0 Å². The number of nitrogens with zero attached hydrogens (tertiary/aromatic N) is 5. The molecule has 0 aliphatic carbocycles. The van der Waals surface area contributed by atoms with E-state index in [2.05, 4.69) is 78.9 Å². The normalized spacial score (nSPS) is 11.6. The molecule has 0 aliphatic rings. The number of thiophene rings is 1. The highest BCUT2D eigenvalue weighted by atomic mass is 32.1. The molecule has 0 amide bonds. The first-order valence-electron chi connectivity index (χ1n) is 18.4. The first-order chi connectivity index (χ1) is 27.7. The zero-order valence-corrected chi connectivity index (χ0v) is 30.6. The van der Waals surface area contributed by atoms with Crippen molar-refractivity contribution in [3.05, 3.63) is 176 Å². The van der Waals surface area contributed by atoms with E-state index >= 15 is 0 Å². The lowest BCUT2D eigenvalue weighted by molar-refractivity contribution is 0.669. The van der Waals surface area contributed by atoms with Gasteiger partial charge in [0.1, 0.15) is 11.2 Å². The third-order valence-corrected chi connectivity index (χ3v) is 11.4. The predicted octanol–water partition coefficient (Wildman–Crippen LogP) is 12.9. The Labute approximate surface area is 325 Å². The predicted molar refractivity (Wildman–Crippen MR) is 228 cm³/mol. The van der Waals surface area contributed by atoms with Gasteiger partial charge in [0, 0.05) is 64.3 Å². The molecule has 262 valence electrons. The van der Waals surface area contributed by atoms with Crippen LogP contribution in [0.2, 0.25) is 0 Å². The molecule has 0 atom stereocenters. The number of hydrogen-bond donors (Lipinski definition) is 0. The molecule has 6 nitrogen and oxygen atoms in total. The average Bonchev–Trinajstić information content (AvgIpc) is 3.85. The van der Waals surface area contributed by atoms with Crippen LogP contribution in [0.25, 0.3) is 110 Å². The van der Waals surface area contributed by atoms with Crippen molar-refractivity contribution < 1.29 is 4.42 Å². The van der Waals surface area contributed by atoms with Gasteiger partial charge in [-0.3, -0.25) is 0 Å². The monoisotopic (exact) mass is 735 g/mol. The van der Waals surface area contributed by atoms with Crippen LogP contribution in [0.5, 0.6) is 0 Å². The van der Waals surface area contributed by atoms with Crippen molar-refractivity contribution in [3.8, 4) is 68.1 Å². The van der Waals surface area contributed by atoms with Gasteiger partial charge in [-0.05, 0) is 30.3 Å². The number of aromatic nitrogens is 5. The summed E-state index contributed by atoms with van der Waals surface area (Å²) in [5, 5.41) is 4.33. The molecule has 0 bridgehead atoms. The van der Waals surface area contributed by atoms with Gasteiger partial charge in [-0.15, -0.1) is 11.3 Å². The molecule has 4 heterocycles. The van der Waals surface area contributed by atoms with E-state index in [4.69, 9.17) is 29.3 Å². The summed E-state index contributed by atoms with van der Waals surface area (Å²) in [6.07, 6.45) is 0. The number of fused-ring (bicyclic) bond motifs is 6. The lowest BCUT2D eigenvalue weighted by Crippen LogP contribution is -2.00. The first kappa shape index (κ1) is 32.1. The summed E-state index contributed by atoms with van der Waals surface area (Å²) in [6, 6.07) is 59.8. The number of benzene rings is 7. The van der Waals surface area contributed by atoms with Crippen LogP contribution in [0.1, 0.15) is 0 Å². The smallest absolute Gasteiger partial charge is 0.164 e. The van der Waals surface area contributed by atoms with Crippen molar-refractivity contribution in [1.82, 2.24) is 24.9 Å². The number of para-hydroxylation sites is 1. The van der Waals surface area contributed by atoms with E-state index in [1.807, 2.05) is 97.1 Å². The minimum atomic E-state index is 0.592. The van der Waals surface area contributed by atoms with Gasteiger partial charge in [-0.1, -0.05) is 146 Å². The third-order valence-electron chi connectivity index (χ3n) is 10.2. The van der Waals surface area contributed by atoms with E-state index in [9.17, 15) is 0 Å². The highest BCUT2D eigenvalue weighted by Crippen LogP contribution is 2.42. The van der Waals surface area contributed by atoms with Crippen LogP contribution in [-0.2, 0) is 0 Å². The third kappa shape index (κ3) is 5.52. The summed E-state index contributed by atoms with van der Waals surface area (Å²) in [4.78, 5) is 25.6. The van der Waals surface area contributed by atoms with E-state index in [-0.39, 0.29) is 0 Å². The SMILES string of the molecule is c1ccc(-c2cc(-c3ccccc3)nc(-c3cccc4c3sc3cc(-c5nc(-c6ccccc6)nc(-c6cccc7oc8ccccc8c67)n5)ccc34)n2)cc1. The fourth-order valence-electron chi connectivity index (χ4n) is 7.50. The minimum Gasteiger partial charge on any atom is -0.456 e. The molecule has 11 rings (SSSR count). The maximum Gasteiger partial charge on any atom is 0.164 e. The maximum atomic E-state index is 6.24. The Hall–Kier alpha value is -7.35. The van der Waals surface area contributed by atoms with Crippen LogP contribution >= 0.6 is 11.3 Å². The second kappa shape index (κ2) is 13.2. The molecule has 0 fully saturated rings. The van der Waals surface area contributed by atoms with E-state index in [0.717, 1.165) is 86.9 Å². The molecule has 0 N–H and O–H groups in total. The summed E-state index contributed by atoms with van der Waals surface area (Å²) < 4.78 is 8.49. The second-order valence-corrected chi connectivity index (χ2v) is 14.7. The molecular formula is C49H29N5OS. The quantitative estimate of drug-likeness (QED) is 0.169. The molecule has 0 unspecified atom stereocenters. The topological polar surface area (TPSA) is 77.6 Å². The molecule has 7 heteroatoms. The standard InChI is InChI=1S/C49H29N5OS/c1-4-14-30(15-5-1)39-29-40(31-16-6-2-7-17-31)51-49(50-39)38-23-12-21-35-34-27-26-33(28-43(34)56-45(35)38)47-52-46(32-18-8-3-9-19-32)53-48(54-47)37-22-13-25-42-44(37)36-20-10-11-24-41(36)55-42/h1-29H. The van der Waals surface area contributed by atoms with Gasteiger partial charge >= 0.3 is 0 Å². The van der Waals surface area contributed by atoms with Crippen LogP contribution in [0, 0.1) is 0 Å². The molecule has 0 saturated carbocycles. The van der Waals surface area contributed by atoms with Gasteiger partial charge in [0.05, 0.1) is 11.4 Å². The second-order valence-electron chi connectivity index (χ2n) is 13.6. The molecular weight excluding hydrogens is 707 g/mol. The fraction of sp³-hybridized carbons (Fsp3) is 0. The van der Waals surface area contributed by atoms with Crippen molar-refractivity contribution >= 4 is 53.4 Å². The van der Waals surface area contributed by atoms with Crippen molar-refractivity contribution in [2.24, 2.45) is 0 Å². The zero-order chi connectivity index (χ0) is 37.0. The van der Waals surface area contributed by atoms with Crippen molar-refractivity contribution in [3.63, 3.8) is 0 Å². The summed E-state index contributed by atoms with van der Waals surface area (Å²) in [5.74, 6) is 2.50. The molecule has 0 saturated heterocycles. The lowest BCUT2D eigenvalue weighted by Gasteiger charge is -2.10. The van der Waals surface area contributed by atoms with Crippen molar-refractivity contribution in [2.75, 3.05) is 0 Å². The van der Waals surface area contributed by atoms with Crippen molar-refractivity contribution in [2.45, 2.75) is 0 Å². The summed E-state index contributed by atoms with van der Waals surface area (Å²) in [5.41, 5.74) is 9.20. The highest BCUT2D eigenvalue weighted by Gasteiger charge is 2.20. The number of rotatable bonds is 6. The summed E-state index contributed by atoms with van der Waals surface area (Å²) >= 11 is 1.74. The molecule has 0 radical (unpaired) electrons. The van der Waals surface area contributed by atoms with Crippen LogP contribution < -0.4 is 0 Å². The lowest BCUT2D eigenvalue weighted by atomic mass is 10.0. The molecule has 0 spiro atoms. The molecule has 11 aromatic rings. The van der Waals surface area contributed by atoms with Crippen molar-refractivity contribution in [1.29, 1.82) is 0 Å². The Kier molecular flexibility index (Phi) is 7.57. The maximum absolute atomic E-state index is 6.24. The van der Waals surface area contributed by atoms with Gasteiger partial charge in [-0.25, -0.2) is 24.9 Å². The Morgan fingerprint density at radius 2 is 0.911 bits per heavy atom. The summed E-state index contributed by atoms with van der Waals surface area (Å²) in [7, 11) is 0. The van der Waals surface area contributed by atoms with Gasteiger partial charge < -0.3 is 4.42 Å².